The van der Waals surface area contributed by atoms with Crippen LogP contribution in [0.2, 0.25) is 0 Å². The molecular weight excluding hydrogens is 273 g/mol. The lowest BCUT2D eigenvalue weighted by Crippen LogP contribution is -2.44. The zero-order chi connectivity index (χ0) is 14.8. The number of halogens is 1. The molecule has 0 bridgehead atoms. The second kappa shape index (κ2) is 5.66. The summed E-state index contributed by atoms with van der Waals surface area (Å²) < 4.78 is 39.3. The Morgan fingerprint density at radius 3 is 2.32 bits per heavy atom. The maximum Gasteiger partial charge on any atom is 0.322 e. The molecule has 0 spiro atoms. The van der Waals surface area contributed by atoms with E-state index < -0.39 is 33.8 Å². The fourth-order valence-corrected chi connectivity index (χ4v) is 3.02. The summed E-state index contributed by atoms with van der Waals surface area (Å²) in [6.45, 7) is 4.72. The molecule has 7 heteroatoms. The standard InChI is InChI=1S/C12H16FNO4S/c1-7(2)11(12(15)16)14-19(17,18)10-5-8(3)4-9(13)6-10/h4-7,11,14H,1-3H3,(H,15,16)/t11-/m1/s1. The molecule has 0 aliphatic rings. The molecule has 0 radical (unpaired) electrons. The molecule has 5 nitrogen and oxygen atoms in total. The summed E-state index contributed by atoms with van der Waals surface area (Å²) in [5.74, 6) is -2.38. The molecule has 1 aromatic rings. The highest BCUT2D eigenvalue weighted by Crippen LogP contribution is 2.15. The third kappa shape index (κ3) is 4.00. The molecule has 0 saturated heterocycles. The second-order valence-electron chi connectivity index (χ2n) is 4.65. The first-order chi connectivity index (χ1) is 8.63. The summed E-state index contributed by atoms with van der Waals surface area (Å²) in [6, 6.07) is 2.07. The maximum absolute atomic E-state index is 13.2. The van der Waals surface area contributed by atoms with Crippen LogP contribution in [0.1, 0.15) is 19.4 Å². The first-order valence-corrected chi connectivity index (χ1v) is 7.14. The number of hydrogen-bond acceptors (Lipinski definition) is 3. The van der Waals surface area contributed by atoms with Gasteiger partial charge in [-0.2, -0.15) is 4.72 Å². The molecule has 0 heterocycles. The number of nitrogens with one attached hydrogen (secondary N) is 1. The van der Waals surface area contributed by atoms with Gasteiger partial charge >= 0.3 is 5.97 Å². The first-order valence-electron chi connectivity index (χ1n) is 5.66. The van der Waals surface area contributed by atoms with E-state index in [2.05, 4.69) is 4.72 Å². The number of carboxylic acid groups (broad SMARTS) is 1. The van der Waals surface area contributed by atoms with E-state index in [-0.39, 0.29) is 4.90 Å². The van der Waals surface area contributed by atoms with Gasteiger partial charge in [-0.3, -0.25) is 4.79 Å². The van der Waals surface area contributed by atoms with Gasteiger partial charge in [0.1, 0.15) is 11.9 Å². The lowest BCUT2D eigenvalue weighted by molar-refractivity contribution is -0.140. The quantitative estimate of drug-likeness (QED) is 0.861. The maximum atomic E-state index is 13.2. The van der Waals surface area contributed by atoms with E-state index in [1.165, 1.54) is 12.1 Å². The highest BCUT2D eigenvalue weighted by Gasteiger charge is 2.28. The van der Waals surface area contributed by atoms with Gasteiger partial charge in [-0.1, -0.05) is 13.8 Å². The number of rotatable bonds is 5. The van der Waals surface area contributed by atoms with E-state index in [0.29, 0.717) is 5.56 Å². The zero-order valence-corrected chi connectivity index (χ0v) is 11.7. The van der Waals surface area contributed by atoms with Gasteiger partial charge < -0.3 is 5.11 Å². The summed E-state index contributed by atoms with van der Waals surface area (Å²) in [6.07, 6.45) is 0. The molecular formula is C12H16FNO4S. The van der Waals surface area contributed by atoms with Crippen molar-refractivity contribution in [3.63, 3.8) is 0 Å². The third-order valence-corrected chi connectivity index (χ3v) is 3.96. The minimum atomic E-state index is -4.07. The third-order valence-electron chi connectivity index (χ3n) is 2.54. The monoisotopic (exact) mass is 289 g/mol. The highest BCUT2D eigenvalue weighted by atomic mass is 32.2. The van der Waals surface area contributed by atoms with Crippen LogP contribution >= 0.6 is 0 Å². The summed E-state index contributed by atoms with van der Waals surface area (Å²) >= 11 is 0. The van der Waals surface area contributed by atoms with E-state index >= 15 is 0 Å². The van der Waals surface area contributed by atoms with E-state index in [9.17, 15) is 17.6 Å². The Labute approximate surface area is 111 Å². The van der Waals surface area contributed by atoms with Gasteiger partial charge in [0.2, 0.25) is 10.0 Å². The number of carbonyl (C=O) groups is 1. The first kappa shape index (κ1) is 15.6. The average molecular weight is 289 g/mol. The van der Waals surface area contributed by atoms with E-state index in [1.54, 1.807) is 20.8 Å². The molecule has 0 aliphatic carbocycles. The lowest BCUT2D eigenvalue weighted by Gasteiger charge is -2.18. The fourth-order valence-electron chi connectivity index (χ4n) is 1.56. The smallest absolute Gasteiger partial charge is 0.322 e. The van der Waals surface area contributed by atoms with Crippen LogP contribution in [0.4, 0.5) is 4.39 Å². The molecule has 0 amide bonds. The Bertz CT molecular complexity index is 563. The number of benzene rings is 1. The molecule has 2 N–H and O–H groups in total. The van der Waals surface area contributed by atoms with Crippen molar-refractivity contribution in [1.82, 2.24) is 4.72 Å². The Balaban J connectivity index is 3.13. The van der Waals surface area contributed by atoms with Gasteiger partial charge in [-0.05, 0) is 36.6 Å². The summed E-state index contributed by atoms with van der Waals surface area (Å²) in [4.78, 5) is 10.7. The Kier molecular flexibility index (Phi) is 4.65. The van der Waals surface area contributed by atoms with Crippen molar-refractivity contribution in [2.75, 3.05) is 0 Å². The minimum absolute atomic E-state index is 0.281. The summed E-state index contributed by atoms with van der Waals surface area (Å²) in [5.41, 5.74) is 0.441. The zero-order valence-electron chi connectivity index (χ0n) is 10.8. The molecule has 0 aliphatic heterocycles. The van der Waals surface area contributed by atoms with Gasteiger partial charge in [0.15, 0.2) is 0 Å². The van der Waals surface area contributed by atoms with Crippen molar-refractivity contribution >= 4 is 16.0 Å². The van der Waals surface area contributed by atoms with Crippen molar-refractivity contribution < 1.29 is 22.7 Å². The van der Waals surface area contributed by atoms with Gasteiger partial charge in [-0.25, -0.2) is 12.8 Å². The number of sulfonamides is 1. The highest BCUT2D eigenvalue weighted by molar-refractivity contribution is 7.89. The van der Waals surface area contributed by atoms with Crippen molar-refractivity contribution in [1.29, 1.82) is 0 Å². The Morgan fingerprint density at radius 1 is 1.32 bits per heavy atom. The van der Waals surface area contributed by atoms with Crippen molar-refractivity contribution in [2.24, 2.45) is 5.92 Å². The average Bonchev–Trinajstić information content (AvgIpc) is 2.23. The van der Waals surface area contributed by atoms with Gasteiger partial charge in [0.25, 0.3) is 0 Å². The molecule has 0 unspecified atom stereocenters. The predicted molar refractivity (Wildman–Crippen MR) is 67.7 cm³/mol. The Morgan fingerprint density at radius 2 is 1.89 bits per heavy atom. The fraction of sp³-hybridized carbons (Fsp3) is 0.417. The van der Waals surface area contributed by atoms with Crippen LogP contribution in [0.15, 0.2) is 23.1 Å². The largest absolute Gasteiger partial charge is 0.480 e. The van der Waals surface area contributed by atoms with E-state index in [0.717, 1.165) is 6.07 Å². The van der Waals surface area contributed by atoms with Crippen LogP contribution in [-0.2, 0) is 14.8 Å². The molecule has 1 rings (SSSR count). The van der Waals surface area contributed by atoms with Gasteiger partial charge in [0.05, 0.1) is 4.90 Å². The Hall–Kier alpha value is -1.47. The molecule has 0 fully saturated rings. The topological polar surface area (TPSA) is 83.5 Å². The lowest BCUT2D eigenvalue weighted by atomic mass is 10.1. The molecule has 0 aromatic heterocycles. The van der Waals surface area contributed by atoms with Crippen LogP contribution in [-0.4, -0.2) is 25.5 Å². The number of aliphatic carboxylic acids is 1. The van der Waals surface area contributed by atoms with Crippen molar-refractivity contribution in [3.8, 4) is 0 Å². The number of hydrogen-bond donors (Lipinski definition) is 2. The predicted octanol–water partition coefficient (Wildman–Crippen LogP) is 1.52. The minimum Gasteiger partial charge on any atom is -0.480 e. The molecule has 106 valence electrons. The number of aryl methyl sites for hydroxylation is 1. The van der Waals surface area contributed by atoms with Crippen LogP contribution < -0.4 is 4.72 Å². The summed E-state index contributed by atoms with van der Waals surface area (Å²) in [7, 11) is -4.07. The molecule has 19 heavy (non-hydrogen) atoms. The normalized spacial score (nSPS) is 13.5. The molecule has 1 atom stereocenters. The van der Waals surface area contributed by atoms with Crippen LogP contribution in [0.25, 0.3) is 0 Å². The van der Waals surface area contributed by atoms with Crippen molar-refractivity contribution in [3.05, 3.63) is 29.6 Å². The number of carboxylic acids is 1. The second-order valence-corrected chi connectivity index (χ2v) is 6.36. The van der Waals surface area contributed by atoms with Crippen LogP contribution in [0, 0.1) is 18.7 Å². The SMILES string of the molecule is Cc1cc(F)cc(S(=O)(=O)N[C@@H](C(=O)O)C(C)C)c1. The van der Waals surface area contributed by atoms with E-state index in [4.69, 9.17) is 5.11 Å². The van der Waals surface area contributed by atoms with Gasteiger partial charge in [0, 0.05) is 0 Å². The van der Waals surface area contributed by atoms with Gasteiger partial charge in [-0.15, -0.1) is 0 Å². The molecule has 1 aromatic carbocycles. The van der Waals surface area contributed by atoms with E-state index in [1.807, 2.05) is 0 Å². The van der Waals surface area contributed by atoms with Crippen molar-refractivity contribution in [2.45, 2.75) is 31.7 Å². The van der Waals surface area contributed by atoms with Crippen LogP contribution in [0.3, 0.4) is 0 Å². The summed E-state index contributed by atoms with van der Waals surface area (Å²) in [5, 5.41) is 8.96. The van der Waals surface area contributed by atoms with Crippen LogP contribution in [0.5, 0.6) is 0 Å². The molecule has 0 saturated carbocycles.